The van der Waals surface area contributed by atoms with Crippen molar-refractivity contribution in [3.8, 4) is 17.2 Å². The number of nitrogens with zero attached hydrogens (tertiary/aromatic N) is 1. The third kappa shape index (κ3) is 5.58. The molecule has 34 heavy (non-hydrogen) atoms. The monoisotopic (exact) mass is 506 g/mol. The van der Waals surface area contributed by atoms with E-state index < -0.39 is 20.9 Å². The van der Waals surface area contributed by atoms with E-state index in [0.29, 0.717) is 27.8 Å². The first-order valence-electron chi connectivity index (χ1n) is 9.99. The third-order valence-electron chi connectivity index (χ3n) is 5.21. The van der Waals surface area contributed by atoms with Crippen LogP contribution in [-0.4, -0.2) is 41.2 Å². The van der Waals surface area contributed by atoms with E-state index >= 15 is 0 Å². The molecule has 0 radical (unpaired) electrons. The minimum absolute atomic E-state index is 0.0556. The van der Waals surface area contributed by atoms with Crippen molar-refractivity contribution in [2.45, 2.75) is 10.8 Å². The lowest BCUT2D eigenvalue weighted by Crippen LogP contribution is -2.29. The number of hydrogen-bond donors (Lipinski definition) is 1. The average molecular weight is 507 g/mol. The van der Waals surface area contributed by atoms with Gasteiger partial charge in [0.15, 0.2) is 0 Å². The highest BCUT2D eigenvalue weighted by molar-refractivity contribution is 7.89. The molecule has 180 valence electrons. The highest BCUT2D eigenvalue weighted by atomic mass is 35.5. The Morgan fingerprint density at radius 3 is 1.97 bits per heavy atom. The molecular weight excluding hydrogens is 484 g/mol. The van der Waals surface area contributed by atoms with Crippen molar-refractivity contribution in [2.24, 2.45) is 0 Å². The van der Waals surface area contributed by atoms with E-state index in [0.717, 1.165) is 17.7 Å². The van der Waals surface area contributed by atoms with Gasteiger partial charge in [0.25, 0.3) is 5.69 Å². The second kappa shape index (κ2) is 10.7. The van der Waals surface area contributed by atoms with E-state index in [1.807, 2.05) is 0 Å². The normalized spacial score (nSPS) is 12.1. The van der Waals surface area contributed by atoms with E-state index in [2.05, 4.69) is 4.72 Å². The summed E-state index contributed by atoms with van der Waals surface area (Å²) >= 11 is 6.06. The predicted molar refractivity (Wildman–Crippen MR) is 128 cm³/mol. The number of sulfonamides is 1. The van der Waals surface area contributed by atoms with Crippen LogP contribution in [0.1, 0.15) is 17.0 Å². The molecule has 9 nitrogen and oxygen atoms in total. The molecule has 1 N–H and O–H groups in total. The number of benzene rings is 3. The van der Waals surface area contributed by atoms with E-state index in [4.69, 9.17) is 25.8 Å². The molecule has 3 aromatic carbocycles. The number of halogens is 1. The zero-order valence-corrected chi connectivity index (χ0v) is 20.2. The van der Waals surface area contributed by atoms with Gasteiger partial charge >= 0.3 is 0 Å². The van der Waals surface area contributed by atoms with Crippen LogP contribution in [0.25, 0.3) is 0 Å². The molecular formula is C23H23ClN2O7S. The Hall–Kier alpha value is -3.34. The average Bonchev–Trinajstić information content (AvgIpc) is 2.84. The fraction of sp³-hybridized carbons (Fsp3) is 0.217. The van der Waals surface area contributed by atoms with Crippen molar-refractivity contribution in [2.75, 3.05) is 27.9 Å². The van der Waals surface area contributed by atoms with Gasteiger partial charge in [0.1, 0.15) is 17.2 Å². The Bertz CT molecular complexity index is 1240. The maximum absolute atomic E-state index is 13.0. The summed E-state index contributed by atoms with van der Waals surface area (Å²) in [6.45, 7) is -0.0556. The van der Waals surface area contributed by atoms with Gasteiger partial charge in [-0.05, 0) is 29.8 Å². The topological polar surface area (TPSA) is 117 Å². The van der Waals surface area contributed by atoms with Crippen LogP contribution >= 0.6 is 11.6 Å². The summed E-state index contributed by atoms with van der Waals surface area (Å²) in [5.41, 5.74) is 1.17. The molecule has 0 heterocycles. The van der Waals surface area contributed by atoms with Gasteiger partial charge in [0.2, 0.25) is 10.0 Å². The smallest absolute Gasteiger partial charge is 0.269 e. The summed E-state index contributed by atoms with van der Waals surface area (Å²) < 4.78 is 45.0. The van der Waals surface area contributed by atoms with Gasteiger partial charge < -0.3 is 14.2 Å². The lowest BCUT2D eigenvalue weighted by molar-refractivity contribution is -0.384. The Kier molecular flexibility index (Phi) is 7.98. The van der Waals surface area contributed by atoms with Gasteiger partial charge in [-0.15, -0.1) is 0 Å². The van der Waals surface area contributed by atoms with Gasteiger partial charge in [-0.2, -0.15) is 0 Å². The summed E-state index contributed by atoms with van der Waals surface area (Å²) in [5.74, 6) is 0.885. The molecule has 0 saturated carbocycles. The van der Waals surface area contributed by atoms with E-state index in [1.54, 1.807) is 36.4 Å². The maximum Gasteiger partial charge on any atom is 0.269 e. The van der Waals surface area contributed by atoms with Crippen LogP contribution in [0.2, 0.25) is 5.02 Å². The number of nitro groups is 1. The molecule has 0 aromatic heterocycles. The number of hydrogen-bond acceptors (Lipinski definition) is 7. The molecule has 3 rings (SSSR count). The van der Waals surface area contributed by atoms with Crippen LogP contribution in [0.15, 0.2) is 65.6 Å². The van der Waals surface area contributed by atoms with Crippen molar-refractivity contribution >= 4 is 27.3 Å². The molecule has 0 fully saturated rings. The second-order valence-electron chi connectivity index (χ2n) is 7.15. The largest absolute Gasteiger partial charge is 0.496 e. The van der Waals surface area contributed by atoms with Gasteiger partial charge in [-0.25, -0.2) is 13.1 Å². The van der Waals surface area contributed by atoms with E-state index in [1.165, 1.54) is 33.5 Å². The van der Waals surface area contributed by atoms with Crippen molar-refractivity contribution in [1.29, 1.82) is 0 Å². The SMILES string of the molecule is COc1cc(OC)c(C(CNS(=O)(=O)c2ccc([N+](=O)[O-])cc2)c2ccc(Cl)cc2)c(OC)c1. The second-order valence-corrected chi connectivity index (χ2v) is 9.36. The van der Waals surface area contributed by atoms with Crippen LogP contribution < -0.4 is 18.9 Å². The van der Waals surface area contributed by atoms with Gasteiger partial charge in [-0.1, -0.05) is 23.7 Å². The summed E-state index contributed by atoms with van der Waals surface area (Å²) in [5, 5.41) is 11.4. The molecule has 3 aromatic rings. The fourth-order valence-electron chi connectivity index (χ4n) is 3.48. The molecule has 0 bridgehead atoms. The van der Waals surface area contributed by atoms with Gasteiger partial charge in [0.05, 0.1) is 31.1 Å². The molecule has 0 aliphatic heterocycles. The minimum atomic E-state index is -3.98. The maximum atomic E-state index is 13.0. The number of rotatable bonds is 10. The first-order valence-corrected chi connectivity index (χ1v) is 11.9. The fourth-order valence-corrected chi connectivity index (χ4v) is 4.65. The first-order chi connectivity index (χ1) is 16.2. The first kappa shape index (κ1) is 25.3. The molecule has 11 heteroatoms. The van der Waals surface area contributed by atoms with Gasteiger partial charge in [-0.3, -0.25) is 10.1 Å². The summed E-state index contributed by atoms with van der Waals surface area (Å²) in [4.78, 5) is 10.2. The number of nitrogens with one attached hydrogen (secondary N) is 1. The van der Waals surface area contributed by atoms with Crippen molar-refractivity contribution in [1.82, 2.24) is 4.72 Å². The zero-order chi connectivity index (χ0) is 24.9. The summed E-state index contributed by atoms with van der Waals surface area (Å²) in [6.07, 6.45) is 0. The standard InChI is InChI=1S/C23H23ClN2O7S/c1-31-18-12-21(32-2)23(22(13-18)33-3)20(15-4-6-16(24)7-5-15)14-25-34(29,30)19-10-8-17(9-11-19)26(27)28/h4-13,20,25H,14H2,1-3H3. The lowest BCUT2D eigenvalue weighted by Gasteiger charge is -2.24. The van der Waals surface area contributed by atoms with Crippen LogP contribution in [0, 0.1) is 10.1 Å². The van der Waals surface area contributed by atoms with Crippen molar-refractivity contribution < 1.29 is 27.6 Å². The number of nitro benzene ring substituents is 1. The minimum Gasteiger partial charge on any atom is -0.496 e. The molecule has 0 saturated heterocycles. The molecule has 0 amide bonds. The lowest BCUT2D eigenvalue weighted by atomic mass is 9.89. The number of ether oxygens (including phenoxy) is 3. The van der Waals surface area contributed by atoms with Crippen LogP contribution in [0.4, 0.5) is 5.69 Å². The quantitative estimate of drug-likeness (QED) is 0.320. The van der Waals surface area contributed by atoms with Crippen LogP contribution in [0.3, 0.4) is 0 Å². The van der Waals surface area contributed by atoms with Crippen LogP contribution in [0.5, 0.6) is 17.2 Å². The summed E-state index contributed by atoms with van der Waals surface area (Å²) in [6, 6.07) is 15.0. The Balaban J connectivity index is 2.03. The highest BCUT2D eigenvalue weighted by Gasteiger charge is 2.27. The molecule has 1 unspecified atom stereocenters. The Morgan fingerprint density at radius 2 is 1.50 bits per heavy atom. The van der Waals surface area contributed by atoms with E-state index in [-0.39, 0.29) is 17.1 Å². The van der Waals surface area contributed by atoms with Crippen LogP contribution in [-0.2, 0) is 10.0 Å². The summed E-state index contributed by atoms with van der Waals surface area (Å²) in [7, 11) is 0.533. The molecule has 1 atom stereocenters. The third-order valence-corrected chi connectivity index (χ3v) is 6.90. The zero-order valence-electron chi connectivity index (χ0n) is 18.6. The predicted octanol–water partition coefficient (Wildman–Crippen LogP) is 4.38. The number of methoxy groups -OCH3 is 3. The Labute approximate surface area is 202 Å². The van der Waals surface area contributed by atoms with E-state index in [9.17, 15) is 18.5 Å². The number of non-ortho nitro benzene ring substituents is 1. The molecule has 0 aliphatic rings. The Morgan fingerprint density at radius 1 is 0.941 bits per heavy atom. The van der Waals surface area contributed by atoms with Crippen molar-refractivity contribution in [3.05, 3.63) is 86.9 Å². The van der Waals surface area contributed by atoms with Gasteiger partial charge in [0, 0.05) is 47.3 Å². The molecule has 0 spiro atoms. The molecule has 0 aliphatic carbocycles. The highest BCUT2D eigenvalue weighted by Crippen LogP contribution is 2.42. The van der Waals surface area contributed by atoms with Crippen molar-refractivity contribution in [3.63, 3.8) is 0 Å².